The van der Waals surface area contributed by atoms with E-state index in [1.54, 1.807) is 5.57 Å². The Morgan fingerprint density at radius 2 is 2.21 bits per heavy atom. The molecule has 1 aliphatic heterocycles. The van der Waals surface area contributed by atoms with Crippen molar-refractivity contribution in [3.63, 3.8) is 0 Å². The van der Waals surface area contributed by atoms with Crippen LogP contribution in [0, 0.1) is 35.0 Å². The van der Waals surface area contributed by atoms with Gasteiger partial charge in [0.1, 0.15) is 5.78 Å². The van der Waals surface area contributed by atoms with E-state index >= 15 is 0 Å². The van der Waals surface area contributed by atoms with Crippen LogP contribution in [0.3, 0.4) is 0 Å². The van der Waals surface area contributed by atoms with Crippen LogP contribution in [0.15, 0.2) is 35.5 Å². The first-order chi connectivity index (χ1) is 11.6. The molecule has 1 spiro atoms. The number of hydrogen-bond donors (Lipinski definition) is 0. The van der Waals surface area contributed by atoms with Gasteiger partial charge in [-0.25, -0.2) is 0 Å². The third-order valence-electron chi connectivity index (χ3n) is 8.56. The van der Waals surface area contributed by atoms with Crippen LogP contribution < -0.4 is 0 Å². The zero-order valence-electron chi connectivity index (χ0n) is 14.5. The molecule has 0 N–H and O–H groups in total. The quantitative estimate of drug-likeness (QED) is 0.624. The van der Waals surface area contributed by atoms with Crippen LogP contribution >= 0.6 is 0 Å². The highest BCUT2D eigenvalue weighted by molar-refractivity contribution is 5.83. The predicted molar refractivity (Wildman–Crippen MR) is 92.3 cm³/mol. The van der Waals surface area contributed by atoms with E-state index in [1.165, 1.54) is 24.8 Å². The number of carbonyl (C=O) groups is 1. The van der Waals surface area contributed by atoms with Gasteiger partial charge >= 0.3 is 0 Å². The Kier molecular flexibility index (Phi) is 2.54. The average Bonchev–Trinajstić information content (AvgIpc) is 3.13. The molecule has 3 fully saturated rings. The molecule has 2 nitrogen and oxygen atoms in total. The van der Waals surface area contributed by atoms with Crippen molar-refractivity contribution in [3.05, 3.63) is 35.5 Å². The second-order valence-electron chi connectivity index (χ2n) is 9.30. The summed E-state index contributed by atoms with van der Waals surface area (Å²) < 4.78 is 6.44. The van der Waals surface area contributed by atoms with E-state index in [0.29, 0.717) is 29.5 Å². The van der Waals surface area contributed by atoms with E-state index in [0.717, 1.165) is 37.2 Å². The summed E-state index contributed by atoms with van der Waals surface area (Å²) in [4.78, 5) is 11.8. The summed E-state index contributed by atoms with van der Waals surface area (Å²) in [6.07, 6.45) is 16.0. The van der Waals surface area contributed by atoms with Crippen LogP contribution in [0.5, 0.6) is 0 Å². The highest BCUT2D eigenvalue weighted by Gasteiger charge is 2.76. The van der Waals surface area contributed by atoms with Gasteiger partial charge in [-0.3, -0.25) is 4.79 Å². The van der Waals surface area contributed by atoms with Gasteiger partial charge in [0.15, 0.2) is 0 Å². The maximum Gasteiger partial charge on any atom is 0.137 e. The Hall–Kier alpha value is -1.15. The first-order valence-electron chi connectivity index (χ1n) is 9.87. The van der Waals surface area contributed by atoms with Gasteiger partial charge in [-0.15, -0.1) is 0 Å². The molecule has 3 saturated carbocycles. The largest absolute Gasteiger partial charge is 0.366 e. The SMILES string of the molecule is C[C@]12CC[C@@H]3C4=C(C=C[C@H]3[C@@H]1[C@H]1C[C@H]1[C@@]21C=CCO1)CC(=O)CC4. The van der Waals surface area contributed by atoms with Crippen LogP contribution in [-0.4, -0.2) is 18.0 Å². The smallest absolute Gasteiger partial charge is 0.137 e. The fourth-order valence-electron chi connectivity index (χ4n) is 7.60. The van der Waals surface area contributed by atoms with Crippen LogP contribution in [0.1, 0.15) is 45.4 Å². The molecule has 5 aliphatic carbocycles. The van der Waals surface area contributed by atoms with Crippen molar-refractivity contribution in [1.29, 1.82) is 0 Å². The van der Waals surface area contributed by atoms with E-state index in [-0.39, 0.29) is 5.60 Å². The molecule has 0 unspecified atom stereocenters. The average molecular weight is 322 g/mol. The Morgan fingerprint density at radius 1 is 1.29 bits per heavy atom. The number of carbonyl (C=O) groups excluding carboxylic acids is 1. The molecule has 0 amide bonds. The normalized spacial score (nSPS) is 53.9. The summed E-state index contributed by atoms with van der Waals surface area (Å²) in [6, 6.07) is 0. The molecule has 126 valence electrons. The number of ether oxygens (including phenoxy) is 1. The van der Waals surface area contributed by atoms with Gasteiger partial charge < -0.3 is 4.74 Å². The summed E-state index contributed by atoms with van der Waals surface area (Å²) >= 11 is 0. The highest BCUT2D eigenvalue weighted by atomic mass is 16.5. The van der Waals surface area contributed by atoms with Crippen molar-refractivity contribution >= 4 is 5.78 Å². The number of ketones is 1. The Bertz CT molecular complexity index is 728. The molecule has 0 radical (unpaired) electrons. The van der Waals surface area contributed by atoms with Crippen LogP contribution in [0.25, 0.3) is 0 Å². The van der Waals surface area contributed by atoms with E-state index in [2.05, 4.69) is 31.2 Å². The number of hydrogen-bond acceptors (Lipinski definition) is 2. The van der Waals surface area contributed by atoms with Gasteiger partial charge in [0, 0.05) is 18.3 Å². The van der Waals surface area contributed by atoms with Crippen molar-refractivity contribution < 1.29 is 9.53 Å². The van der Waals surface area contributed by atoms with Crippen LogP contribution in [0.2, 0.25) is 0 Å². The molecule has 0 aromatic rings. The molecular formula is C22H26O2. The fourth-order valence-corrected chi connectivity index (χ4v) is 7.60. The van der Waals surface area contributed by atoms with Gasteiger partial charge in [-0.1, -0.05) is 36.8 Å². The lowest BCUT2D eigenvalue weighted by molar-refractivity contribution is -0.119. The molecule has 6 aliphatic rings. The Labute approximate surface area is 144 Å². The number of allylic oxidation sites excluding steroid dienone is 4. The zero-order valence-corrected chi connectivity index (χ0v) is 14.5. The van der Waals surface area contributed by atoms with Crippen molar-refractivity contribution in [3.8, 4) is 0 Å². The second-order valence-corrected chi connectivity index (χ2v) is 9.30. The lowest BCUT2D eigenvalue weighted by Crippen LogP contribution is -2.53. The third kappa shape index (κ3) is 1.47. The molecule has 2 heteroatoms. The van der Waals surface area contributed by atoms with Crippen molar-refractivity contribution in [1.82, 2.24) is 0 Å². The molecule has 0 aromatic carbocycles. The zero-order chi connectivity index (χ0) is 16.1. The highest BCUT2D eigenvalue weighted by Crippen LogP contribution is 2.76. The lowest BCUT2D eigenvalue weighted by Gasteiger charge is -2.54. The topological polar surface area (TPSA) is 26.3 Å². The van der Waals surface area contributed by atoms with E-state index in [9.17, 15) is 4.79 Å². The standard InChI is InChI=1S/C22H26O2/c1-21-9-7-16-15-6-4-14(23)11-13(15)3-5-17(16)20(21)18-12-19(18)22(21)8-2-10-24-22/h2-3,5,8,16-20H,4,6-7,9-12H2,1H3/t16-,17-,18+,19-,20-,21+,22+/m1/s1. The summed E-state index contributed by atoms with van der Waals surface area (Å²) in [6.45, 7) is 3.34. The molecule has 0 saturated heterocycles. The Balaban J connectivity index is 1.41. The van der Waals surface area contributed by atoms with E-state index < -0.39 is 0 Å². The Morgan fingerprint density at radius 3 is 3.04 bits per heavy atom. The second kappa shape index (κ2) is 4.33. The summed E-state index contributed by atoms with van der Waals surface area (Å²) in [5, 5.41) is 0. The number of fused-ring (bicyclic) bond motifs is 8. The lowest BCUT2D eigenvalue weighted by atomic mass is 9.52. The molecule has 24 heavy (non-hydrogen) atoms. The maximum atomic E-state index is 11.8. The fraction of sp³-hybridized carbons (Fsp3) is 0.682. The van der Waals surface area contributed by atoms with Gasteiger partial charge in [0.05, 0.1) is 12.2 Å². The van der Waals surface area contributed by atoms with Crippen molar-refractivity contribution in [2.24, 2.45) is 35.0 Å². The van der Waals surface area contributed by atoms with Crippen molar-refractivity contribution in [2.45, 2.75) is 51.0 Å². The number of Topliss-reactive ketones (excluding diaryl/α,β-unsaturated/α-hetero) is 1. The molecule has 1 heterocycles. The maximum absolute atomic E-state index is 11.8. The van der Waals surface area contributed by atoms with Crippen molar-refractivity contribution in [2.75, 3.05) is 6.61 Å². The first kappa shape index (κ1) is 14.1. The minimum atomic E-state index is 0.0400. The van der Waals surface area contributed by atoms with Crippen LogP contribution in [0.4, 0.5) is 0 Å². The predicted octanol–water partition coefficient (Wildman–Crippen LogP) is 4.23. The molecule has 0 bridgehead atoms. The van der Waals surface area contributed by atoms with E-state index in [1.807, 2.05) is 0 Å². The monoisotopic (exact) mass is 322 g/mol. The first-order valence-corrected chi connectivity index (χ1v) is 9.87. The molecule has 7 atom stereocenters. The van der Waals surface area contributed by atoms with Gasteiger partial charge in [-0.05, 0) is 60.8 Å². The summed E-state index contributed by atoms with van der Waals surface area (Å²) in [5.41, 5.74) is 3.36. The minimum Gasteiger partial charge on any atom is -0.366 e. The van der Waals surface area contributed by atoms with Gasteiger partial charge in [0.25, 0.3) is 0 Å². The van der Waals surface area contributed by atoms with Gasteiger partial charge in [0.2, 0.25) is 0 Å². The number of rotatable bonds is 0. The molecule has 0 aromatic heterocycles. The minimum absolute atomic E-state index is 0.0400. The summed E-state index contributed by atoms with van der Waals surface area (Å²) in [5.74, 6) is 4.22. The van der Waals surface area contributed by atoms with Crippen LogP contribution in [-0.2, 0) is 9.53 Å². The molecule has 6 rings (SSSR count). The molecular weight excluding hydrogens is 296 g/mol. The third-order valence-corrected chi connectivity index (χ3v) is 8.56. The van der Waals surface area contributed by atoms with Gasteiger partial charge in [-0.2, -0.15) is 0 Å². The summed E-state index contributed by atoms with van der Waals surface area (Å²) in [7, 11) is 0. The van der Waals surface area contributed by atoms with E-state index in [4.69, 9.17) is 4.74 Å².